The van der Waals surface area contributed by atoms with E-state index >= 15 is 0 Å². The SMILES string of the molecule is Cn1cc(C(Nc2ccccn2)c2c[nH]c3ccc(F)cc23)cn1. The number of rotatable bonds is 4. The Bertz CT molecular complexity index is 973. The molecule has 0 aliphatic carbocycles. The van der Waals surface area contributed by atoms with Crippen LogP contribution in [0.3, 0.4) is 0 Å². The standard InChI is InChI=1S/C18H16FN5/c1-24-11-12(9-22-24)18(23-17-4-2-3-7-20-17)15-10-21-16-6-5-13(19)8-14(15)16/h2-11,18,21H,1H3,(H,20,23). The van der Waals surface area contributed by atoms with Gasteiger partial charge in [-0.25, -0.2) is 9.37 Å². The third-order valence-corrected chi connectivity index (χ3v) is 4.00. The summed E-state index contributed by atoms with van der Waals surface area (Å²) in [4.78, 5) is 7.54. The summed E-state index contributed by atoms with van der Waals surface area (Å²) in [6.45, 7) is 0. The van der Waals surface area contributed by atoms with E-state index < -0.39 is 0 Å². The van der Waals surface area contributed by atoms with Crippen molar-refractivity contribution in [2.75, 3.05) is 5.32 Å². The van der Waals surface area contributed by atoms with Crippen LogP contribution in [-0.4, -0.2) is 19.7 Å². The minimum atomic E-state index is -0.258. The van der Waals surface area contributed by atoms with Gasteiger partial charge in [0.15, 0.2) is 0 Å². The lowest BCUT2D eigenvalue weighted by Gasteiger charge is -2.18. The fourth-order valence-corrected chi connectivity index (χ4v) is 2.88. The van der Waals surface area contributed by atoms with Crippen LogP contribution >= 0.6 is 0 Å². The number of aromatic amines is 1. The Labute approximate surface area is 138 Å². The Hall–Kier alpha value is -3.15. The first-order valence-corrected chi connectivity index (χ1v) is 7.63. The largest absolute Gasteiger partial charge is 0.361 e. The number of anilines is 1. The zero-order chi connectivity index (χ0) is 16.5. The van der Waals surface area contributed by atoms with E-state index in [1.807, 2.05) is 37.6 Å². The van der Waals surface area contributed by atoms with E-state index in [9.17, 15) is 4.39 Å². The Kier molecular flexibility index (Phi) is 3.49. The maximum absolute atomic E-state index is 13.7. The summed E-state index contributed by atoms with van der Waals surface area (Å²) in [5.41, 5.74) is 2.82. The van der Waals surface area contributed by atoms with Gasteiger partial charge in [-0.3, -0.25) is 4.68 Å². The summed E-state index contributed by atoms with van der Waals surface area (Å²) >= 11 is 0. The lowest BCUT2D eigenvalue weighted by Crippen LogP contribution is -2.12. The molecule has 3 aromatic heterocycles. The second kappa shape index (κ2) is 5.81. The third kappa shape index (κ3) is 2.62. The lowest BCUT2D eigenvalue weighted by molar-refractivity contribution is 0.629. The summed E-state index contributed by atoms with van der Waals surface area (Å²) in [6.07, 6.45) is 7.38. The first kappa shape index (κ1) is 14.4. The van der Waals surface area contributed by atoms with E-state index in [-0.39, 0.29) is 11.9 Å². The molecule has 0 aliphatic rings. The number of H-pyrrole nitrogens is 1. The molecule has 1 unspecified atom stereocenters. The number of nitrogens with zero attached hydrogens (tertiary/aromatic N) is 3. The second-order valence-electron chi connectivity index (χ2n) is 5.67. The molecule has 4 rings (SSSR count). The van der Waals surface area contributed by atoms with Gasteiger partial charge in [-0.2, -0.15) is 5.10 Å². The zero-order valence-corrected chi connectivity index (χ0v) is 13.1. The number of hydrogen-bond donors (Lipinski definition) is 2. The van der Waals surface area contributed by atoms with Crippen molar-refractivity contribution < 1.29 is 4.39 Å². The van der Waals surface area contributed by atoms with Gasteiger partial charge in [0.25, 0.3) is 0 Å². The van der Waals surface area contributed by atoms with Crippen molar-refractivity contribution >= 4 is 16.7 Å². The van der Waals surface area contributed by atoms with Crippen LogP contribution in [0.2, 0.25) is 0 Å². The van der Waals surface area contributed by atoms with Gasteiger partial charge in [0.2, 0.25) is 0 Å². The number of halogens is 1. The van der Waals surface area contributed by atoms with E-state index in [1.54, 1.807) is 29.2 Å². The van der Waals surface area contributed by atoms with Crippen molar-refractivity contribution in [1.82, 2.24) is 19.7 Å². The Morgan fingerprint density at radius 1 is 1.25 bits per heavy atom. The monoisotopic (exact) mass is 321 g/mol. The third-order valence-electron chi connectivity index (χ3n) is 4.00. The molecule has 0 bridgehead atoms. The molecule has 0 spiro atoms. The number of fused-ring (bicyclic) bond motifs is 1. The molecule has 0 fully saturated rings. The number of benzene rings is 1. The molecular formula is C18H16FN5. The van der Waals surface area contributed by atoms with Crippen LogP contribution in [0.1, 0.15) is 17.2 Å². The number of nitrogens with one attached hydrogen (secondary N) is 2. The quantitative estimate of drug-likeness (QED) is 0.603. The molecule has 5 nitrogen and oxygen atoms in total. The van der Waals surface area contributed by atoms with Crippen LogP contribution in [0.4, 0.5) is 10.2 Å². The van der Waals surface area contributed by atoms with Gasteiger partial charge >= 0.3 is 0 Å². The van der Waals surface area contributed by atoms with Crippen LogP contribution in [-0.2, 0) is 7.05 Å². The maximum Gasteiger partial charge on any atom is 0.126 e. The fourth-order valence-electron chi connectivity index (χ4n) is 2.88. The lowest BCUT2D eigenvalue weighted by atomic mass is 10.0. The Morgan fingerprint density at radius 3 is 2.92 bits per heavy atom. The smallest absolute Gasteiger partial charge is 0.126 e. The van der Waals surface area contributed by atoms with Gasteiger partial charge < -0.3 is 10.3 Å². The van der Waals surface area contributed by atoms with Gasteiger partial charge in [0.1, 0.15) is 11.6 Å². The minimum absolute atomic E-state index is 0.191. The Morgan fingerprint density at radius 2 is 2.17 bits per heavy atom. The van der Waals surface area contributed by atoms with E-state index in [4.69, 9.17) is 0 Å². The average molecular weight is 321 g/mol. The van der Waals surface area contributed by atoms with Crippen molar-refractivity contribution in [3.8, 4) is 0 Å². The minimum Gasteiger partial charge on any atom is -0.361 e. The van der Waals surface area contributed by atoms with E-state index in [0.717, 1.165) is 27.8 Å². The van der Waals surface area contributed by atoms with Crippen LogP contribution in [0.5, 0.6) is 0 Å². The molecule has 120 valence electrons. The van der Waals surface area contributed by atoms with Crippen LogP contribution in [0, 0.1) is 5.82 Å². The summed E-state index contributed by atoms with van der Waals surface area (Å²) in [7, 11) is 1.87. The highest BCUT2D eigenvalue weighted by Crippen LogP contribution is 2.31. The van der Waals surface area contributed by atoms with Gasteiger partial charge in [-0.1, -0.05) is 6.07 Å². The molecule has 0 saturated carbocycles. The molecular weight excluding hydrogens is 305 g/mol. The molecule has 1 atom stereocenters. The molecule has 4 aromatic rings. The first-order valence-electron chi connectivity index (χ1n) is 7.63. The average Bonchev–Trinajstić information content (AvgIpc) is 3.20. The number of pyridine rings is 1. The zero-order valence-electron chi connectivity index (χ0n) is 13.1. The van der Waals surface area contributed by atoms with Crippen molar-refractivity contribution in [1.29, 1.82) is 0 Å². The van der Waals surface area contributed by atoms with Gasteiger partial charge in [-0.15, -0.1) is 0 Å². The molecule has 24 heavy (non-hydrogen) atoms. The van der Waals surface area contributed by atoms with Crippen LogP contribution in [0.15, 0.2) is 61.2 Å². The van der Waals surface area contributed by atoms with E-state index in [2.05, 4.69) is 20.4 Å². The summed E-state index contributed by atoms with van der Waals surface area (Å²) < 4.78 is 15.5. The number of hydrogen-bond acceptors (Lipinski definition) is 3. The van der Waals surface area contributed by atoms with Gasteiger partial charge in [-0.05, 0) is 30.3 Å². The molecule has 1 aromatic carbocycles. The molecule has 0 amide bonds. The highest BCUT2D eigenvalue weighted by molar-refractivity contribution is 5.84. The number of aromatic nitrogens is 4. The predicted octanol–water partition coefficient (Wildman–Crippen LogP) is 3.64. The molecule has 0 saturated heterocycles. The van der Waals surface area contributed by atoms with E-state index in [0.29, 0.717) is 0 Å². The highest BCUT2D eigenvalue weighted by atomic mass is 19.1. The van der Waals surface area contributed by atoms with Gasteiger partial charge in [0.05, 0.1) is 12.2 Å². The molecule has 0 aliphatic heterocycles. The van der Waals surface area contributed by atoms with Crippen LogP contribution < -0.4 is 5.32 Å². The topological polar surface area (TPSA) is 58.5 Å². The van der Waals surface area contributed by atoms with Crippen molar-refractivity contribution in [2.45, 2.75) is 6.04 Å². The second-order valence-corrected chi connectivity index (χ2v) is 5.67. The normalized spacial score (nSPS) is 12.4. The summed E-state index contributed by atoms with van der Waals surface area (Å²) in [5, 5.41) is 8.51. The van der Waals surface area contributed by atoms with Crippen LogP contribution in [0.25, 0.3) is 10.9 Å². The van der Waals surface area contributed by atoms with Crippen molar-refractivity contribution in [2.24, 2.45) is 7.05 Å². The maximum atomic E-state index is 13.7. The highest BCUT2D eigenvalue weighted by Gasteiger charge is 2.20. The Balaban J connectivity index is 1.83. The number of aryl methyl sites for hydroxylation is 1. The summed E-state index contributed by atoms with van der Waals surface area (Å²) in [6, 6.07) is 10.2. The molecule has 3 heterocycles. The fraction of sp³-hybridized carbons (Fsp3) is 0.111. The first-order chi connectivity index (χ1) is 11.7. The predicted molar refractivity (Wildman–Crippen MR) is 91.2 cm³/mol. The van der Waals surface area contributed by atoms with E-state index in [1.165, 1.54) is 6.07 Å². The summed E-state index contributed by atoms with van der Waals surface area (Å²) in [5.74, 6) is 0.489. The van der Waals surface area contributed by atoms with Crippen molar-refractivity contribution in [3.63, 3.8) is 0 Å². The molecule has 6 heteroatoms. The molecule has 2 N–H and O–H groups in total. The van der Waals surface area contributed by atoms with Crippen molar-refractivity contribution in [3.05, 3.63) is 78.1 Å². The van der Waals surface area contributed by atoms with Gasteiger partial charge in [0, 0.05) is 47.7 Å². The molecule has 0 radical (unpaired) electrons.